The number of nitrogens with zero attached hydrogens (tertiary/aromatic N) is 3. The van der Waals surface area contributed by atoms with Crippen molar-refractivity contribution in [3.63, 3.8) is 0 Å². The van der Waals surface area contributed by atoms with Crippen molar-refractivity contribution in [2.24, 2.45) is 0 Å². The Bertz CT molecular complexity index is 557. The van der Waals surface area contributed by atoms with Crippen LogP contribution in [0, 0.1) is 0 Å². The van der Waals surface area contributed by atoms with E-state index in [4.69, 9.17) is 16.7 Å². The molecule has 0 bridgehead atoms. The number of hydrogen-bond acceptors (Lipinski definition) is 4. The first-order valence-corrected chi connectivity index (χ1v) is 7.89. The molecule has 1 atom stereocenters. The van der Waals surface area contributed by atoms with Gasteiger partial charge in [0.15, 0.2) is 5.16 Å². The minimum atomic E-state index is -4.69. The molecule has 1 rings (SSSR count). The zero-order valence-electron chi connectivity index (χ0n) is 12.1. The number of alkyl halides is 3. The molecule has 0 aliphatic heterocycles. The summed E-state index contributed by atoms with van der Waals surface area (Å²) in [6.45, 7) is 1.87. The third-order valence-electron chi connectivity index (χ3n) is 2.97. The molecule has 0 aliphatic carbocycles. The summed E-state index contributed by atoms with van der Waals surface area (Å²) < 4.78 is 38.0. The molecule has 0 saturated carbocycles. The van der Waals surface area contributed by atoms with Crippen molar-refractivity contribution in [2.45, 2.75) is 37.5 Å². The van der Waals surface area contributed by atoms with Gasteiger partial charge in [-0.1, -0.05) is 37.2 Å². The maximum Gasteiger partial charge on any atom is 0.413 e. The van der Waals surface area contributed by atoms with E-state index in [9.17, 15) is 18.0 Å². The van der Waals surface area contributed by atoms with Gasteiger partial charge in [-0.3, -0.25) is 4.90 Å². The van der Waals surface area contributed by atoms with E-state index >= 15 is 0 Å². The summed E-state index contributed by atoms with van der Waals surface area (Å²) >= 11 is 7.11. The van der Waals surface area contributed by atoms with Crippen LogP contribution >= 0.6 is 23.4 Å². The smallest absolute Gasteiger partial charge is 0.413 e. The summed E-state index contributed by atoms with van der Waals surface area (Å²) in [5, 5.41) is 9.22. The SMILES string of the molecule is CCC(C)c1c(Cl)nc(SC)nc1N(CC(F)(F)F)C(=O)O. The molecule has 1 N–H and O–H groups in total. The Hall–Kier alpha value is -1.22. The molecule has 0 saturated heterocycles. The van der Waals surface area contributed by atoms with E-state index in [0.717, 1.165) is 11.8 Å². The van der Waals surface area contributed by atoms with Gasteiger partial charge in [-0.25, -0.2) is 14.8 Å². The molecule has 1 aromatic rings. The van der Waals surface area contributed by atoms with Crippen LogP contribution in [0.4, 0.5) is 23.8 Å². The maximum absolute atomic E-state index is 12.7. The predicted molar refractivity (Wildman–Crippen MR) is 79.0 cm³/mol. The Morgan fingerprint density at radius 3 is 2.45 bits per heavy atom. The Balaban J connectivity index is 3.51. The van der Waals surface area contributed by atoms with Crippen LogP contribution in [-0.4, -0.2) is 40.1 Å². The number of anilines is 1. The third-order valence-corrected chi connectivity index (χ3v) is 3.81. The number of amides is 1. The van der Waals surface area contributed by atoms with E-state index in [0.29, 0.717) is 6.42 Å². The van der Waals surface area contributed by atoms with Crippen LogP contribution in [0.2, 0.25) is 5.15 Å². The lowest BCUT2D eigenvalue weighted by molar-refractivity contribution is -0.119. The van der Waals surface area contributed by atoms with Gasteiger partial charge in [-0.2, -0.15) is 13.2 Å². The van der Waals surface area contributed by atoms with E-state index in [1.165, 1.54) is 0 Å². The van der Waals surface area contributed by atoms with Gasteiger partial charge in [0, 0.05) is 5.56 Å². The zero-order chi connectivity index (χ0) is 17.1. The predicted octanol–water partition coefficient (Wildman–Crippen LogP) is 4.41. The van der Waals surface area contributed by atoms with Crippen molar-refractivity contribution in [2.75, 3.05) is 17.7 Å². The van der Waals surface area contributed by atoms with Gasteiger partial charge in [0.25, 0.3) is 0 Å². The average Bonchev–Trinajstić information content (AvgIpc) is 2.41. The highest BCUT2D eigenvalue weighted by atomic mass is 35.5. The highest BCUT2D eigenvalue weighted by Crippen LogP contribution is 2.35. The van der Waals surface area contributed by atoms with E-state index in [-0.39, 0.29) is 32.5 Å². The fraction of sp³-hybridized carbons (Fsp3) is 0.583. The van der Waals surface area contributed by atoms with Gasteiger partial charge in [0.2, 0.25) is 0 Å². The monoisotopic (exact) mass is 357 g/mol. The van der Waals surface area contributed by atoms with E-state index in [1.807, 2.05) is 6.92 Å². The van der Waals surface area contributed by atoms with E-state index in [1.54, 1.807) is 13.2 Å². The van der Waals surface area contributed by atoms with Gasteiger partial charge in [0.05, 0.1) is 0 Å². The minimum absolute atomic E-state index is 0.0304. The minimum Gasteiger partial charge on any atom is -0.465 e. The summed E-state index contributed by atoms with van der Waals surface area (Å²) in [6.07, 6.45) is -4.27. The Morgan fingerprint density at radius 1 is 1.45 bits per heavy atom. The molecular formula is C12H15ClF3N3O2S. The highest BCUT2D eigenvalue weighted by molar-refractivity contribution is 7.98. The number of thioether (sulfide) groups is 1. The second-order valence-electron chi connectivity index (χ2n) is 4.53. The lowest BCUT2D eigenvalue weighted by Gasteiger charge is -2.25. The van der Waals surface area contributed by atoms with Crippen molar-refractivity contribution in [1.29, 1.82) is 0 Å². The topological polar surface area (TPSA) is 66.3 Å². The lowest BCUT2D eigenvalue weighted by atomic mass is 10.0. The number of rotatable bonds is 5. The molecule has 0 radical (unpaired) electrons. The second kappa shape index (κ2) is 7.36. The van der Waals surface area contributed by atoms with Crippen molar-refractivity contribution < 1.29 is 23.1 Å². The summed E-state index contributed by atoms with van der Waals surface area (Å²) in [7, 11) is 0. The first kappa shape index (κ1) is 18.8. The Kier molecular flexibility index (Phi) is 6.30. The molecule has 1 amide bonds. The highest BCUT2D eigenvalue weighted by Gasteiger charge is 2.36. The van der Waals surface area contributed by atoms with Crippen molar-refractivity contribution in [3.05, 3.63) is 10.7 Å². The van der Waals surface area contributed by atoms with E-state index in [2.05, 4.69) is 9.97 Å². The van der Waals surface area contributed by atoms with Gasteiger partial charge < -0.3 is 5.11 Å². The van der Waals surface area contributed by atoms with Gasteiger partial charge in [0.1, 0.15) is 17.5 Å². The second-order valence-corrected chi connectivity index (χ2v) is 5.66. The fourth-order valence-electron chi connectivity index (χ4n) is 1.75. The molecule has 0 aliphatic rings. The molecule has 1 aromatic heterocycles. The van der Waals surface area contributed by atoms with Crippen molar-refractivity contribution in [3.8, 4) is 0 Å². The fourth-order valence-corrected chi connectivity index (χ4v) is 2.51. The lowest BCUT2D eigenvalue weighted by Crippen LogP contribution is -2.39. The molecule has 1 unspecified atom stereocenters. The molecule has 5 nitrogen and oxygen atoms in total. The number of carboxylic acid groups (broad SMARTS) is 1. The molecule has 10 heteroatoms. The normalized spacial score (nSPS) is 13.0. The largest absolute Gasteiger partial charge is 0.465 e. The van der Waals surface area contributed by atoms with Crippen molar-refractivity contribution in [1.82, 2.24) is 9.97 Å². The maximum atomic E-state index is 12.7. The van der Waals surface area contributed by atoms with Gasteiger partial charge in [-0.15, -0.1) is 0 Å². The first-order chi connectivity index (χ1) is 10.1. The van der Waals surface area contributed by atoms with Crippen LogP contribution in [-0.2, 0) is 0 Å². The molecule has 0 aromatic carbocycles. The Labute approximate surface area is 134 Å². The first-order valence-electron chi connectivity index (χ1n) is 6.29. The van der Waals surface area contributed by atoms with Crippen LogP contribution in [0.3, 0.4) is 0 Å². The van der Waals surface area contributed by atoms with Crippen LogP contribution in [0.15, 0.2) is 5.16 Å². The number of hydrogen-bond donors (Lipinski definition) is 1. The molecule has 22 heavy (non-hydrogen) atoms. The quantitative estimate of drug-likeness (QED) is 0.480. The molecule has 1 heterocycles. The van der Waals surface area contributed by atoms with Crippen molar-refractivity contribution >= 4 is 35.3 Å². The average molecular weight is 358 g/mol. The molecule has 0 fully saturated rings. The van der Waals surface area contributed by atoms with Crippen LogP contribution in [0.1, 0.15) is 31.7 Å². The number of aromatic nitrogens is 2. The summed E-state index contributed by atoms with van der Waals surface area (Å²) in [5.74, 6) is -0.600. The van der Waals surface area contributed by atoms with Crippen LogP contribution in [0.25, 0.3) is 0 Å². The summed E-state index contributed by atoms with van der Waals surface area (Å²) in [4.78, 5) is 19.3. The van der Waals surface area contributed by atoms with Gasteiger partial charge in [-0.05, 0) is 18.6 Å². The number of halogens is 4. The molecular weight excluding hydrogens is 343 g/mol. The Morgan fingerprint density at radius 2 is 2.05 bits per heavy atom. The summed E-state index contributed by atoms with van der Waals surface area (Å²) in [5.41, 5.74) is 0.202. The standard InChI is InChI=1S/C12H15ClF3N3O2S/c1-4-6(2)7-8(13)17-10(22-3)18-9(7)19(11(20)21)5-12(14,15)16/h6H,4-5H2,1-3H3,(H,20,21). The van der Waals surface area contributed by atoms with Crippen LogP contribution in [0.5, 0.6) is 0 Å². The number of carbonyl (C=O) groups is 1. The van der Waals surface area contributed by atoms with Crippen LogP contribution < -0.4 is 4.90 Å². The molecule has 124 valence electrons. The zero-order valence-corrected chi connectivity index (χ0v) is 13.7. The third kappa shape index (κ3) is 4.64. The molecule has 0 spiro atoms. The van der Waals surface area contributed by atoms with E-state index < -0.39 is 18.8 Å². The van der Waals surface area contributed by atoms with Gasteiger partial charge >= 0.3 is 12.3 Å². The summed E-state index contributed by atoms with van der Waals surface area (Å²) in [6, 6.07) is 0.